The highest BCUT2D eigenvalue weighted by molar-refractivity contribution is 8.00. The van der Waals surface area contributed by atoms with Gasteiger partial charge in [-0.2, -0.15) is 11.8 Å². The van der Waals surface area contributed by atoms with E-state index in [1.165, 1.54) is 18.9 Å². The first-order valence-electron chi connectivity index (χ1n) is 5.14. The number of nitrogens with one attached hydrogen (secondary N) is 1. The van der Waals surface area contributed by atoms with Gasteiger partial charge >= 0.3 is 5.88 Å². The first-order valence-corrected chi connectivity index (χ1v) is 6.37. The molecular weight excluding hydrogens is 228 g/mol. The van der Waals surface area contributed by atoms with Crippen LogP contribution in [0.3, 0.4) is 0 Å². The summed E-state index contributed by atoms with van der Waals surface area (Å²) in [4.78, 5) is 9.87. The Bertz CT molecular complexity index is 387. The maximum atomic E-state index is 10.4. The predicted octanol–water partition coefficient (Wildman–Crippen LogP) is 2.17. The average molecular weight is 242 g/mol. The molecule has 0 amide bonds. The van der Waals surface area contributed by atoms with Gasteiger partial charge in [0.25, 0.3) is 0 Å². The lowest BCUT2D eigenvalue weighted by Crippen LogP contribution is -2.25. The molecule has 0 saturated heterocycles. The molecule has 0 radical (unpaired) electrons. The Morgan fingerprint density at radius 2 is 2.38 bits per heavy atom. The fraction of sp³-hybridized carbons (Fsp3) is 0.600. The molecule has 1 fully saturated rings. The van der Waals surface area contributed by atoms with E-state index in [9.17, 15) is 10.1 Å². The lowest BCUT2D eigenvalue weighted by molar-refractivity contribution is -0.402. The molecule has 1 aromatic rings. The van der Waals surface area contributed by atoms with Crippen molar-refractivity contribution in [3.63, 3.8) is 0 Å². The van der Waals surface area contributed by atoms with Crippen LogP contribution in [0.5, 0.6) is 0 Å². The molecule has 1 N–H and O–H groups in total. The van der Waals surface area contributed by atoms with Crippen LogP contribution in [0.1, 0.15) is 18.6 Å². The number of furan rings is 1. The van der Waals surface area contributed by atoms with E-state index in [0.717, 1.165) is 6.54 Å². The van der Waals surface area contributed by atoms with Gasteiger partial charge < -0.3 is 9.73 Å². The van der Waals surface area contributed by atoms with Gasteiger partial charge in [-0.05, 0) is 25.2 Å². The minimum atomic E-state index is -0.520. The van der Waals surface area contributed by atoms with Gasteiger partial charge in [0.05, 0.1) is 12.6 Å². The zero-order valence-corrected chi connectivity index (χ0v) is 9.88. The molecule has 1 heterocycles. The molecule has 0 unspecified atom stereocenters. The van der Waals surface area contributed by atoms with E-state index >= 15 is 0 Å². The quantitative estimate of drug-likeness (QED) is 0.611. The number of nitro groups is 1. The van der Waals surface area contributed by atoms with Crippen LogP contribution >= 0.6 is 11.8 Å². The van der Waals surface area contributed by atoms with Gasteiger partial charge in [0.2, 0.25) is 0 Å². The summed E-state index contributed by atoms with van der Waals surface area (Å²) in [6, 6.07) is 3.03. The van der Waals surface area contributed by atoms with E-state index in [-0.39, 0.29) is 5.88 Å². The van der Waals surface area contributed by atoms with Gasteiger partial charge in [-0.15, -0.1) is 0 Å². The average Bonchev–Trinajstić information content (AvgIpc) is 2.88. The fourth-order valence-electron chi connectivity index (χ4n) is 1.57. The van der Waals surface area contributed by atoms with Crippen molar-refractivity contribution in [2.45, 2.75) is 24.1 Å². The number of hydrogen-bond donors (Lipinski definition) is 1. The van der Waals surface area contributed by atoms with Crippen molar-refractivity contribution in [1.29, 1.82) is 0 Å². The van der Waals surface area contributed by atoms with Crippen molar-refractivity contribution in [2.24, 2.45) is 0 Å². The second-order valence-electron chi connectivity index (χ2n) is 3.99. The molecule has 0 atom stereocenters. The van der Waals surface area contributed by atoms with Gasteiger partial charge in [-0.3, -0.25) is 10.1 Å². The van der Waals surface area contributed by atoms with Gasteiger partial charge in [0, 0.05) is 11.3 Å². The third kappa shape index (κ3) is 2.56. The summed E-state index contributed by atoms with van der Waals surface area (Å²) in [6.07, 6.45) is 4.62. The van der Waals surface area contributed by atoms with Crippen molar-refractivity contribution >= 4 is 17.6 Å². The molecule has 2 rings (SSSR count). The Labute approximate surface area is 97.7 Å². The molecule has 1 saturated carbocycles. The SMILES string of the molecule is CSC1(CNCc2ccc([N+](=O)[O-])o2)CC1. The molecule has 0 spiro atoms. The maximum absolute atomic E-state index is 10.4. The second kappa shape index (κ2) is 4.47. The van der Waals surface area contributed by atoms with Crippen molar-refractivity contribution in [1.82, 2.24) is 5.32 Å². The number of nitrogens with zero attached hydrogens (tertiary/aromatic N) is 1. The summed E-state index contributed by atoms with van der Waals surface area (Å²) in [7, 11) is 0. The Morgan fingerprint density at radius 3 is 2.88 bits per heavy atom. The van der Waals surface area contributed by atoms with Crippen LogP contribution in [0, 0.1) is 10.1 Å². The van der Waals surface area contributed by atoms with Crippen LogP contribution in [0.2, 0.25) is 0 Å². The molecule has 1 aromatic heterocycles. The van der Waals surface area contributed by atoms with Gasteiger partial charge in [-0.25, -0.2) is 0 Å². The minimum absolute atomic E-state index is 0.192. The summed E-state index contributed by atoms with van der Waals surface area (Å²) < 4.78 is 5.45. The highest BCUT2D eigenvalue weighted by Gasteiger charge is 2.41. The van der Waals surface area contributed by atoms with E-state index in [1.807, 2.05) is 11.8 Å². The van der Waals surface area contributed by atoms with E-state index in [1.54, 1.807) is 6.07 Å². The van der Waals surface area contributed by atoms with Crippen LogP contribution in [-0.2, 0) is 6.54 Å². The Balaban J connectivity index is 1.79. The fourth-order valence-corrected chi connectivity index (χ4v) is 2.32. The smallest absolute Gasteiger partial charge is 0.404 e. The third-order valence-electron chi connectivity index (χ3n) is 2.81. The van der Waals surface area contributed by atoms with E-state index in [4.69, 9.17) is 4.42 Å². The summed E-state index contributed by atoms with van der Waals surface area (Å²) in [6.45, 7) is 1.48. The van der Waals surface area contributed by atoms with Crippen LogP contribution in [0.4, 0.5) is 5.88 Å². The van der Waals surface area contributed by atoms with E-state index < -0.39 is 4.92 Å². The molecule has 88 valence electrons. The molecule has 1 aliphatic carbocycles. The van der Waals surface area contributed by atoms with Gasteiger partial charge in [0.1, 0.15) is 10.7 Å². The second-order valence-corrected chi connectivity index (χ2v) is 5.26. The van der Waals surface area contributed by atoms with Crippen LogP contribution < -0.4 is 5.32 Å². The largest absolute Gasteiger partial charge is 0.433 e. The number of rotatable bonds is 6. The molecule has 16 heavy (non-hydrogen) atoms. The van der Waals surface area contributed by atoms with Gasteiger partial charge in [-0.1, -0.05) is 0 Å². The Kier molecular flexibility index (Phi) is 3.20. The minimum Gasteiger partial charge on any atom is -0.404 e. The van der Waals surface area contributed by atoms with E-state index in [0.29, 0.717) is 17.1 Å². The number of thioether (sulfide) groups is 1. The summed E-state index contributed by atoms with van der Waals surface area (Å²) in [5, 5.41) is 13.7. The maximum Gasteiger partial charge on any atom is 0.433 e. The zero-order chi connectivity index (χ0) is 11.6. The summed E-state index contributed by atoms with van der Waals surface area (Å²) in [5.74, 6) is 0.423. The van der Waals surface area contributed by atoms with Crippen molar-refractivity contribution in [3.05, 3.63) is 28.0 Å². The van der Waals surface area contributed by atoms with Crippen LogP contribution in [-0.4, -0.2) is 22.5 Å². The highest BCUT2D eigenvalue weighted by atomic mass is 32.2. The Hall–Kier alpha value is -1.01. The zero-order valence-electron chi connectivity index (χ0n) is 9.06. The van der Waals surface area contributed by atoms with Crippen LogP contribution in [0.15, 0.2) is 16.5 Å². The third-order valence-corrected chi connectivity index (χ3v) is 4.23. The summed E-state index contributed by atoms with van der Waals surface area (Å²) >= 11 is 1.88. The molecule has 1 aliphatic rings. The monoisotopic (exact) mass is 242 g/mol. The van der Waals surface area contributed by atoms with Crippen molar-refractivity contribution < 1.29 is 9.34 Å². The lowest BCUT2D eigenvalue weighted by atomic mass is 10.4. The number of hydrogen-bond acceptors (Lipinski definition) is 5. The van der Waals surface area contributed by atoms with Crippen molar-refractivity contribution in [3.8, 4) is 0 Å². The molecule has 0 aliphatic heterocycles. The van der Waals surface area contributed by atoms with Gasteiger partial charge in [0.15, 0.2) is 0 Å². The molecule has 0 aromatic carbocycles. The Morgan fingerprint density at radius 1 is 1.62 bits per heavy atom. The molecule has 5 nitrogen and oxygen atoms in total. The first kappa shape index (κ1) is 11.5. The predicted molar refractivity (Wildman–Crippen MR) is 62.5 cm³/mol. The highest BCUT2D eigenvalue weighted by Crippen LogP contribution is 2.46. The standard InChI is InChI=1S/C10H14N2O3S/c1-16-10(4-5-10)7-11-6-8-2-3-9(15-8)12(13)14/h2-3,11H,4-7H2,1H3. The van der Waals surface area contributed by atoms with Crippen molar-refractivity contribution in [2.75, 3.05) is 12.8 Å². The summed E-state index contributed by atoms with van der Waals surface area (Å²) in [5.41, 5.74) is 0. The normalized spacial score (nSPS) is 17.3. The van der Waals surface area contributed by atoms with Crippen LogP contribution in [0.25, 0.3) is 0 Å². The first-order chi connectivity index (χ1) is 7.65. The molecular formula is C10H14N2O3S. The topological polar surface area (TPSA) is 68.3 Å². The molecule has 0 bridgehead atoms. The molecule has 6 heteroatoms. The van der Waals surface area contributed by atoms with E-state index in [2.05, 4.69) is 11.6 Å². The lowest BCUT2D eigenvalue weighted by Gasteiger charge is -2.11.